The van der Waals surface area contributed by atoms with Crippen molar-refractivity contribution in [2.24, 2.45) is 11.8 Å². The smallest absolute Gasteiger partial charge is 0.328 e. The van der Waals surface area contributed by atoms with Crippen molar-refractivity contribution >= 4 is 18.0 Å². The minimum atomic E-state index is -1.01. The van der Waals surface area contributed by atoms with Crippen LogP contribution in [0, 0.1) is 11.8 Å². The lowest BCUT2D eigenvalue weighted by atomic mass is 10.2. The molecule has 1 heterocycles. The fraction of sp³-hybridized carbons (Fsp3) is 0.400. The number of hydrogen-bond acceptors (Lipinski definition) is 3. The second-order valence-corrected chi connectivity index (χ2v) is 5.31. The fourth-order valence-corrected chi connectivity index (χ4v) is 2.08. The first kappa shape index (κ1) is 14.2. The van der Waals surface area contributed by atoms with Crippen LogP contribution in [0.25, 0.3) is 6.08 Å². The van der Waals surface area contributed by atoms with Crippen LogP contribution < -0.4 is 0 Å². The van der Waals surface area contributed by atoms with Crippen molar-refractivity contribution in [3.8, 4) is 0 Å². The summed E-state index contributed by atoms with van der Waals surface area (Å²) in [5, 5.41) is 8.53. The van der Waals surface area contributed by atoms with Gasteiger partial charge in [-0.25, -0.2) is 4.79 Å². The molecule has 1 N–H and O–H groups in total. The van der Waals surface area contributed by atoms with Crippen LogP contribution in [0.1, 0.15) is 29.4 Å². The highest BCUT2D eigenvalue weighted by atomic mass is 16.4. The molecule has 2 unspecified atom stereocenters. The molecule has 1 fully saturated rings. The minimum Gasteiger partial charge on any atom is -0.478 e. The van der Waals surface area contributed by atoms with E-state index in [2.05, 4.69) is 11.9 Å². The van der Waals surface area contributed by atoms with Crippen LogP contribution in [0.5, 0.6) is 0 Å². The Hall–Kier alpha value is -2.17. The zero-order chi connectivity index (χ0) is 14.7. The van der Waals surface area contributed by atoms with E-state index in [0.29, 0.717) is 23.1 Å². The Morgan fingerprint density at radius 3 is 2.70 bits per heavy atom. The van der Waals surface area contributed by atoms with Crippen LogP contribution in [0.3, 0.4) is 0 Å². The van der Waals surface area contributed by atoms with Gasteiger partial charge in [0.1, 0.15) is 5.69 Å². The van der Waals surface area contributed by atoms with Crippen LogP contribution in [-0.4, -0.2) is 40.5 Å². The highest BCUT2D eigenvalue weighted by Crippen LogP contribution is 2.38. The van der Waals surface area contributed by atoms with Crippen molar-refractivity contribution < 1.29 is 14.7 Å². The zero-order valence-corrected chi connectivity index (χ0v) is 11.6. The third-order valence-corrected chi connectivity index (χ3v) is 3.56. The number of carbonyl (C=O) groups excluding carboxylic acids is 1. The van der Waals surface area contributed by atoms with E-state index in [0.717, 1.165) is 12.6 Å². The van der Waals surface area contributed by atoms with Gasteiger partial charge in [0.15, 0.2) is 0 Å². The summed E-state index contributed by atoms with van der Waals surface area (Å²) in [6.07, 6.45) is 5.17. The van der Waals surface area contributed by atoms with Gasteiger partial charge in [-0.1, -0.05) is 13.0 Å². The molecule has 0 radical (unpaired) electrons. The molecule has 0 aromatic carbocycles. The first-order valence-corrected chi connectivity index (χ1v) is 6.60. The van der Waals surface area contributed by atoms with E-state index in [9.17, 15) is 9.59 Å². The van der Waals surface area contributed by atoms with E-state index >= 15 is 0 Å². The van der Waals surface area contributed by atoms with Crippen LogP contribution >= 0.6 is 0 Å². The van der Waals surface area contributed by atoms with Gasteiger partial charge in [0.25, 0.3) is 5.91 Å². The SMILES string of the molecule is CC1CC1CN(C)C(=O)c1ccc(C=CC(=O)O)cn1. The monoisotopic (exact) mass is 274 g/mol. The maximum absolute atomic E-state index is 12.1. The van der Waals surface area contributed by atoms with Gasteiger partial charge in [-0.15, -0.1) is 0 Å². The Morgan fingerprint density at radius 1 is 1.50 bits per heavy atom. The average molecular weight is 274 g/mol. The number of aromatic nitrogens is 1. The van der Waals surface area contributed by atoms with E-state index < -0.39 is 5.97 Å². The van der Waals surface area contributed by atoms with Gasteiger partial charge >= 0.3 is 5.97 Å². The topological polar surface area (TPSA) is 70.5 Å². The highest BCUT2D eigenvalue weighted by Gasteiger charge is 2.34. The van der Waals surface area contributed by atoms with Gasteiger partial charge in [0, 0.05) is 25.9 Å². The summed E-state index contributed by atoms with van der Waals surface area (Å²) >= 11 is 0. The summed E-state index contributed by atoms with van der Waals surface area (Å²) in [5.41, 5.74) is 1.04. The van der Waals surface area contributed by atoms with Gasteiger partial charge in [0.2, 0.25) is 0 Å². The molecule has 20 heavy (non-hydrogen) atoms. The van der Waals surface area contributed by atoms with Crippen molar-refractivity contribution in [2.75, 3.05) is 13.6 Å². The van der Waals surface area contributed by atoms with Crippen molar-refractivity contribution in [2.45, 2.75) is 13.3 Å². The lowest BCUT2D eigenvalue weighted by Gasteiger charge is -2.16. The number of carboxylic acid groups (broad SMARTS) is 1. The van der Waals surface area contributed by atoms with E-state index in [1.54, 1.807) is 24.1 Å². The molecule has 5 heteroatoms. The number of carboxylic acids is 1. The molecule has 1 aliphatic rings. The number of rotatable bonds is 5. The molecule has 1 saturated carbocycles. The van der Waals surface area contributed by atoms with Gasteiger partial charge in [-0.05, 0) is 36.0 Å². The molecule has 0 aliphatic heterocycles. The van der Waals surface area contributed by atoms with E-state index in [4.69, 9.17) is 5.11 Å². The van der Waals surface area contributed by atoms with Gasteiger partial charge < -0.3 is 10.0 Å². The predicted molar refractivity (Wildman–Crippen MR) is 75.1 cm³/mol. The number of hydrogen-bond donors (Lipinski definition) is 1. The first-order chi connectivity index (χ1) is 9.47. The Bertz CT molecular complexity index is 537. The molecule has 0 spiro atoms. The largest absolute Gasteiger partial charge is 0.478 e. The molecule has 0 bridgehead atoms. The molecule has 2 atom stereocenters. The molecule has 1 aromatic rings. The van der Waals surface area contributed by atoms with Crippen LogP contribution in [0.4, 0.5) is 0 Å². The summed E-state index contributed by atoms with van der Waals surface area (Å²) in [6.45, 7) is 2.95. The third-order valence-electron chi connectivity index (χ3n) is 3.56. The zero-order valence-electron chi connectivity index (χ0n) is 11.6. The Kier molecular flexibility index (Phi) is 4.17. The molecule has 1 aliphatic carbocycles. The molecule has 2 rings (SSSR count). The molecular formula is C15H18N2O3. The number of aliphatic carboxylic acids is 1. The molecular weight excluding hydrogens is 256 g/mol. The number of nitrogens with zero attached hydrogens (tertiary/aromatic N) is 2. The van der Waals surface area contributed by atoms with E-state index in [-0.39, 0.29) is 5.91 Å². The van der Waals surface area contributed by atoms with Gasteiger partial charge in [-0.3, -0.25) is 9.78 Å². The fourth-order valence-electron chi connectivity index (χ4n) is 2.08. The minimum absolute atomic E-state index is 0.0992. The summed E-state index contributed by atoms with van der Waals surface area (Å²) in [5.74, 6) is 0.213. The summed E-state index contributed by atoms with van der Waals surface area (Å²) in [7, 11) is 1.79. The second kappa shape index (κ2) is 5.86. The quantitative estimate of drug-likeness (QED) is 0.833. The maximum Gasteiger partial charge on any atom is 0.328 e. The molecule has 1 aromatic heterocycles. The van der Waals surface area contributed by atoms with Crippen molar-refractivity contribution in [1.82, 2.24) is 9.88 Å². The first-order valence-electron chi connectivity index (χ1n) is 6.60. The van der Waals surface area contributed by atoms with Crippen molar-refractivity contribution in [1.29, 1.82) is 0 Å². The van der Waals surface area contributed by atoms with Crippen molar-refractivity contribution in [3.05, 3.63) is 35.7 Å². The number of amides is 1. The van der Waals surface area contributed by atoms with Crippen molar-refractivity contribution in [3.63, 3.8) is 0 Å². The third kappa shape index (κ3) is 3.66. The standard InChI is InChI=1S/C15H18N2O3/c1-10-7-12(10)9-17(2)15(20)13-5-3-11(8-16-13)4-6-14(18)19/h3-6,8,10,12H,7,9H2,1-2H3,(H,18,19). The van der Waals surface area contributed by atoms with Crippen LogP contribution in [-0.2, 0) is 4.79 Å². The molecule has 106 valence electrons. The average Bonchev–Trinajstić information content (AvgIpc) is 3.11. The Labute approximate surface area is 117 Å². The molecule has 0 saturated heterocycles. The Morgan fingerprint density at radius 2 is 2.20 bits per heavy atom. The van der Waals surface area contributed by atoms with Gasteiger partial charge in [0.05, 0.1) is 0 Å². The lowest BCUT2D eigenvalue weighted by Crippen LogP contribution is -2.29. The van der Waals surface area contributed by atoms with E-state index in [1.807, 2.05) is 0 Å². The Balaban J connectivity index is 1.98. The highest BCUT2D eigenvalue weighted by molar-refractivity contribution is 5.92. The van der Waals surface area contributed by atoms with Crippen LogP contribution in [0.15, 0.2) is 24.4 Å². The lowest BCUT2D eigenvalue weighted by molar-refractivity contribution is -0.131. The van der Waals surface area contributed by atoms with Gasteiger partial charge in [-0.2, -0.15) is 0 Å². The predicted octanol–water partition coefficient (Wildman–Crippen LogP) is 1.91. The number of pyridine rings is 1. The molecule has 5 nitrogen and oxygen atoms in total. The van der Waals surface area contributed by atoms with E-state index in [1.165, 1.54) is 18.7 Å². The molecule has 1 amide bonds. The summed E-state index contributed by atoms with van der Waals surface area (Å²) < 4.78 is 0. The second-order valence-electron chi connectivity index (χ2n) is 5.31. The normalized spacial score (nSPS) is 20.9. The maximum atomic E-state index is 12.1. The van der Waals surface area contributed by atoms with Crippen LogP contribution in [0.2, 0.25) is 0 Å². The summed E-state index contributed by atoms with van der Waals surface area (Å²) in [6, 6.07) is 3.31. The number of carbonyl (C=O) groups is 2. The summed E-state index contributed by atoms with van der Waals surface area (Å²) in [4.78, 5) is 28.3.